The van der Waals surface area contributed by atoms with Gasteiger partial charge in [0.15, 0.2) is 0 Å². The van der Waals surface area contributed by atoms with E-state index in [2.05, 4.69) is 108 Å². The number of hydrogen-bond acceptors (Lipinski definition) is 2. The van der Waals surface area contributed by atoms with Crippen LogP contribution in [0.15, 0.2) is 109 Å². The Balaban J connectivity index is 1.61. The normalized spacial score (nSPS) is 11.8. The fourth-order valence-corrected chi connectivity index (χ4v) is 5.83. The van der Waals surface area contributed by atoms with Gasteiger partial charge in [0.25, 0.3) is 0 Å². The molecule has 0 fully saturated rings. The lowest BCUT2D eigenvalue weighted by atomic mass is 10.1. The molecule has 0 atom stereocenters. The fraction of sp³-hybridized carbons (Fsp3) is 0. The summed E-state index contributed by atoms with van der Waals surface area (Å²) in [7, 11) is 0. The van der Waals surface area contributed by atoms with Crippen molar-refractivity contribution >= 4 is 54.1 Å². The van der Waals surface area contributed by atoms with E-state index in [0.29, 0.717) is 0 Å². The number of aromatic nitrogens is 2. The number of rotatable bonds is 2. The van der Waals surface area contributed by atoms with E-state index in [0.717, 1.165) is 16.1 Å². The molecule has 32 heavy (non-hydrogen) atoms. The minimum absolute atomic E-state index is 1.05. The molecule has 0 bridgehead atoms. The molecule has 0 N–H and O–H groups in total. The van der Waals surface area contributed by atoms with Crippen LogP contribution in [0.4, 0.5) is 0 Å². The molecule has 0 radical (unpaired) electrons. The summed E-state index contributed by atoms with van der Waals surface area (Å²) in [5.41, 5.74) is 5.84. The molecule has 150 valence electrons. The molecular formula is C29H18N2S. The third-order valence-electron chi connectivity index (χ3n) is 6.20. The molecule has 0 unspecified atom stereocenters. The van der Waals surface area contributed by atoms with Crippen LogP contribution < -0.4 is 0 Å². The SMILES string of the molecule is c1ccc(-c2nc3ccc4c5ccccc5n(-c5ccc6ccccc6c5)c4c3s2)cc1. The first-order valence-electron chi connectivity index (χ1n) is 10.7. The Morgan fingerprint density at radius 2 is 1.41 bits per heavy atom. The zero-order valence-electron chi connectivity index (χ0n) is 17.2. The number of hydrogen-bond donors (Lipinski definition) is 0. The van der Waals surface area contributed by atoms with Crippen LogP contribution in [0.1, 0.15) is 0 Å². The minimum atomic E-state index is 1.05. The monoisotopic (exact) mass is 426 g/mol. The van der Waals surface area contributed by atoms with Crippen LogP contribution in [0.25, 0.3) is 59.1 Å². The maximum atomic E-state index is 4.99. The van der Waals surface area contributed by atoms with Crippen LogP contribution in [0.5, 0.6) is 0 Å². The first kappa shape index (κ1) is 17.7. The van der Waals surface area contributed by atoms with Gasteiger partial charge in [-0.1, -0.05) is 78.9 Å². The van der Waals surface area contributed by atoms with Crippen LogP contribution in [0.2, 0.25) is 0 Å². The quantitative estimate of drug-likeness (QED) is 0.272. The lowest BCUT2D eigenvalue weighted by molar-refractivity contribution is 1.19. The van der Waals surface area contributed by atoms with Crippen molar-refractivity contribution in [1.82, 2.24) is 9.55 Å². The zero-order valence-corrected chi connectivity index (χ0v) is 18.0. The molecule has 0 saturated carbocycles. The topological polar surface area (TPSA) is 17.8 Å². The molecule has 0 saturated heterocycles. The second-order valence-electron chi connectivity index (χ2n) is 8.08. The smallest absolute Gasteiger partial charge is 0.124 e. The van der Waals surface area contributed by atoms with Gasteiger partial charge >= 0.3 is 0 Å². The molecule has 0 amide bonds. The highest BCUT2D eigenvalue weighted by Gasteiger charge is 2.18. The Bertz CT molecular complexity index is 1770. The Kier molecular flexibility index (Phi) is 3.75. The van der Waals surface area contributed by atoms with E-state index in [9.17, 15) is 0 Å². The average molecular weight is 427 g/mol. The van der Waals surface area contributed by atoms with Crippen molar-refractivity contribution in [3.8, 4) is 16.3 Å². The molecular weight excluding hydrogens is 408 g/mol. The van der Waals surface area contributed by atoms with Crippen molar-refractivity contribution in [3.05, 3.63) is 109 Å². The van der Waals surface area contributed by atoms with Gasteiger partial charge in [0.2, 0.25) is 0 Å². The predicted octanol–water partition coefficient (Wildman–Crippen LogP) is 8.21. The Hall–Kier alpha value is -3.95. The van der Waals surface area contributed by atoms with E-state index < -0.39 is 0 Å². The number of benzene rings is 5. The van der Waals surface area contributed by atoms with E-state index in [1.54, 1.807) is 11.3 Å². The van der Waals surface area contributed by atoms with Gasteiger partial charge in [-0.2, -0.15) is 0 Å². The van der Waals surface area contributed by atoms with Crippen molar-refractivity contribution in [2.24, 2.45) is 0 Å². The number of nitrogens with zero attached hydrogens (tertiary/aromatic N) is 2. The van der Waals surface area contributed by atoms with Crippen molar-refractivity contribution < 1.29 is 0 Å². The molecule has 7 rings (SSSR count). The molecule has 0 aliphatic heterocycles. The molecule has 2 heterocycles. The van der Waals surface area contributed by atoms with Gasteiger partial charge in [0, 0.05) is 22.0 Å². The van der Waals surface area contributed by atoms with E-state index in [1.807, 2.05) is 6.07 Å². The Morgan fingerprint density at radius 1 is 0.625 bits per heavy atom. The molecule has 7 aromatic rings. The molecule has 0 aliphatic rings. The lowest BCUT2D eigenvalue weighted by Gasteiger charge is -2.09. The van der Waals surface area contributed by atoms with Crippen LogP contribution >= 0.6 is 11.3 Å². The summed E-state index contributed by atoms with van der Waals surface area (Å²) < 4.78 is 3.64. The summed E-state index contributed by atoms with van der Waals surface area (Å²) in [6.45, 7) is 0. The third kappa shape index (κ3) is 2.55. The summed E-state index contributed by atoms with van der Waals surface area (Å²) in [6, 6.07) is 38.8. The van der Waals surface area contributed by atoms with E-state index >= 15 is 0 Å². The molecule has 2 aromatic heterocycles. The third-order valence-corrected chi connectivity index (χ3v) is 7.33. The molecule has 5 aromatic carbocycles. The highest BCUT2D eigenvalue weighted by molar-refractivity contribution is 7.22. The maximum Gasteiger partial charge on any atom is 0.124 e. The number of para-hydroxylation sites is 1. The van der Waals surface area contributed by atoms with E-state index in [1.165, 1.54) is 43.0 Å². The second kappa shape index (κ2) is 6.78. The highest BCUT2D eigenvalue weighted by atomic mass is 32.1. The molecule has 3 heteroatoms. The van der Waals surface area contributed by atoms with Gasteiger partial charge in [-0.15, -0.1) is 11.3 Å². The van der Waals surface area contributed by atoms with Crippen molar-refractivity contribution in [3.63, 3.8) is 0 Å². The molecule has 2 nitrogen and oxygen atoms in total. The van der Waals surface area contributed by atoms with Crippen molar-refractivity contribution in [1.29, 1.82) is 0 Å². The summed E-state index contributed by atoms with van der Waals surface area (Å²) in [5.74, 6) is 0. The predicted molar refractivity (Wildman–Crippen MR) is 137 cm³/mol. The van der Waals surface area contributed by atoms with Gasteiger partial charge in [-0.05, 0) is 41.1 Å². The van der Waals surface area contributed by atoms with Gasteiger partial charge in [0.05, 0.1) is 21.3 Å². The lowest BCUT2D eigenvalue weighted by Crippen LogP contribution is -1.93. The van der Waals surface area contributed by atoms with E-state index in [4.69, 9.17) is 4.98 Å². The van der Waals surface area contributed by atoms with Crippen LogP contribution in [0, 0.1) is 0 Å². The number of fused-ring (bicyclic) bond motifs is 6. The summed E-state index contributed by atoms with van der Waals surface area (Å²) in [4.78, 5) is 4.99. The zero-order chi connectivity index (χ0) is 21.1. The molecule has 0 spiro atoms. The maximum absolute atomic E-state index is 4.99. The van der Waals surface area contributed by atoms with Gasteiger partial charge < -0.3 is 4.57 Å². The van der Waals surface area contributed by atoms with Gasteiger partial charge in [0.1, 0.15) is 5.01 Å². The van der Waals surface area contributed by atoms with Gasteiger partial charge in [-0.25, -0.2) is 4.98 Å². The van der Waals surface area contributed by atoms with Crippen LogP contribution in [-0.4, -0.2) is 9.55 Å². The standard InChI is InChI=1S/C29H18N2S/c1-2-9-20(10-3-1)29-30-25-17-16-24-23-12-6-7-13-26(23)31(27(24)28(25)32-29)22-15-14-19-8-4-5-11-21(19)18-22/h1-18H. The Morgan fingerprint density at radius 3 is 2.31 bits per heavy atom. The van der Waals surface area contributed by atoms with Crippen LogP contribution in [-0.2, 0) is 0 Å². The second-order valence-corrected chi connectivity index (χ2v) is 9.08. The van der Waals surface area contributed by atoms with Gasteiger partial charge in [-0.3, -0.25) is 0 Å². The Labute approximate surface area is 189 Å². The number of thiazole rings is 1. The fourth-order valence-electron chi connectivity index (χ4n) is 4.72. The van der Waals surface area contributed by atoms with Crippen molar-refractivity contribution in [2.45, 2.75) is 0 Å². The van der Waals surface area contributed by atoms with Crippen molar-refractivity contribution in [2.75, 3.05) is 0 Å². The summed E-state index contributed by atoms with van der Waals surface area (Å²) in [5, 5.41) is 6.10. The first-order valence-corrected chi connectivity index (χ1v) is 11.6. The summed E-state index contributed by atoms with van der Waals surface area (Å²) >= 11 is 1.78. The minimum Gasteiger partial charge on any atom is -0.308 e. The van der Waals surface area contributed by atoms with E-state index in [-0.39, 0.29) is 0 Å². The largest absolute Gasteiger partial charge is 0.308 e. The first-order chi connectivity index (χ1) is 15.9. The summed E-state index contributed by atoms with van der Waals surface area (Å²) in [6.07, 6.45) is 0. The average Bonchev–Trinajstić information content (AvgIpc) is 3.44. The van der Waals surface area contributed by atoms with Crippen LogP contribution in [0.3, 0.4) is 0 Å². The molecule has 0 aliphatic carbocycles. The highest BCUT2D eigenvalue weighted by Crippen LogP contribution is 2.40.